The van der Waals surface area contributed by atoms with Gasteiger partial charge in [-0.05, 0) is 44.7 Å². The van der Waals surface area contributed by atoms with E-state index >= 15 is 0 Å². The zero-order valence-electron chi connectivity index (χ0n) is 8.93. The molecule has 2 rings (SSSR count). The van der Waals surface area contributed by atoms with Crippen LogP contribution in [-0.4, -0.2) is 46.8 Å². The van der Waals surface area contributed by atoms with Crippen LogP contribution in [0.2, 0.25) is 0 Å². The van der Waals surface area contributed by atoms with Gasteiger partial charge >= 0.3 is 5.97 Å². The normalized spacial score (nSPS) is 33.7. The van der Waals surface area contributed by atoms with Crippen molar-refractivity contribution in [3.05, 3.63) is 0 Å². The van der Waals surface area contributed by atoms with Gasteiger partial charge in [0.1, 0.15) is 0 Å². The van der Waals surface area contributed by atoms with Crippen LogP contribution < -0.4 is 0 Å². The molecular formula is C11H19NO3. The van der Waals surface area contributed by atoms with Gasteiger partial charge in [0.05, 0.1) is 5.92 Å². The fraction of sp³-hybridized carbons (Fsp3) is 0.909. The van der Waals surface area contributed by atoms with E-state index in [0.717, 1.165) is 38.8 Å². The molecule has 0 spiro atoms. The molecule has 4 heteroatoms. The first kappa shape index (κ1) is 10.9. The second-order valence-electron chi connectivity index (χ2n) is 4.75. The van der Waals surface area contributed by atoms with Crippen molar-refractivity contribution in [1.29, 1.82) is 0 Å². The molecule has 2 atom stereocenters. The Kier molecular flexibility index (Phi) is 3.26. The first-order valence-electron chi connectivity index (χ1n) is 5.80. The van der Waals surface area contributed by atoms with E-state index in [-0.39, 0.29) is 18.6 Å². The van der Waals surface area contributed by atoms with Crippen LogP contribution in [0, 0.1) is 11.8 Å². The first-order valence-corrected chi connectivity index (χ1v) is 5.80. The minimum atomic E-state index is -0.643. The number of aliphatic hydroxyl groups excluding tert-OH is 1. The average Bonchev–Trinajstić information content (AvgIpc) is 2.16. The fourth-order valence-electron chi connectivity index (χ4n) is 2.67. The van der Waals surface area contributed by atoms with E-state index < -0.39 is 5.97 Å². The van der Waals surface area contributed by atoms with Gasteiger partial charge in [0.15, 0.2) is 0 Å². The summed E-state index contributed by atoms with van der Waals surface area (Å²) in [5.41, 5.74) is 0. The van der Waals surface area contributed by atoms with Crippen LogP contribution in [0.15, 0.2) is 0 Å². The van der Waals surface area contributed by atoms with E-state index in [0.29, 0.717) is 5.92 Å². The van der Waals surface area contributed by atoms with E-state index in [1.165, 1.54) is 0 Å². The molecule has 0 aromatic carbocycles. The molecule has 2 fully saturated rings. The highest BCUT2D eigenvalue weighted by molar-refractivity contribution is 5.72. The van der Waals surface area contributed by atoms with Gasteiger partial charge < -0.3 is 10.2 Å². The summed E-state index contributed by atoms with van der Waals surface area (Å²) in [6.07, 6.45) is 3.89. The Bertz CT molecular complexity index is 236. The molecule has 0 amide bonds. The standard InChI is InChI=1S/C11H19NO3/c13-7-8-3-5-12(6-4-8)10-2-1-9(10)11(14)15/h8-10,13H,1-7H2,(H,14,15). The smallest absolute Gasteiger partial charge is 0.308 e. The van der Waals surface area contributed by atoms with E-state index in [1.54, 1.807) is 0 Å². The third-order valence-corrected chi connectivity index (χ3v) is 3.93. The first-order chi connectivity index (χ1) is 7.22. The Morgan fingerprint density at radius 2 is 1.87 bits per heavy atom. The van der Waals surface area contributed by atoms with Gasteiger partial charge in [-0.3, -0.25) is 9.69 Å². The SMILES string of the molecule is O=C(O)C1CCC1N1CCC(CO)CC1. The number of aliphatic hydroxyl groups is 1. The van der Waals surface area contributed by atoms with Crippen molar-refractivity contribution in [2.75, 3.05) is 19.7 Å². The minimum absolute atomic E-state index is 0.143. The molecule has 2 unspecified atom stereocenters. The zero-order valence-corrected chi connectivity index (χ0v) is 8.93. The number of rotatable bonds is 3. The number of carboxylic acids is 1. The molecule has 1 aliphatic heterocycles. The zero-order chi connectivity index (χ0) is 10.8. The highest BCUT2D eigenvalue weighted by Crippen LogP contribution is 2.34. The molecule has 1 aliphatic carbocycles. The number of carboxylic acid groups (broad SMARTS) is 1. The monoisotopic (exact) mass is 213 g/mol. The van der Waals surface area contributed by atoms with Crippen LogP contribution in [-0.2, 0) is 4.79 Å². The second-order valence-corrected chi connectivity index (χ2v) is 4.75. The Balaban J connectivity index is 1.83. The molecular weight excluding hydrogens is 194 g/mol. The summed E-state index contributed by atoms with van der Waals surface area (Å²) >= 11 is 0. The van der Waals surface area contributed by atoms with Crippen LogP contribution >= 0.6 is 0 Å². The molecule has 0 aromatic rings. The van der Waals surface area contributed by atoms with E-state index in [9.17, 15) is 4.79 Å². The molecule has 15 heavy (non-hydrogen) atoms. The van der Waals surface area contributed by atoms with Gasteiger partial charge in [-0.2, -0.15) is 0 Å². The number of hydrogen-bond acceptors (Lipinski definition) is 3. The number of piperidine rings is 1. The lowest BCUT2D eigenvalue weighted by Crippen LogP contribution is -2.52. The summed E-state index contributed by atoms with van der Waals surface area (Å²) in [5, 5.41) is 18.0. The van der Waals surface area contributed by atoms with Crippen molar-refractivity contribution in [3.63, 3.8) is 0 Å². The van der Waals surface area contributed by atoms with E-state index in [1.807, 2.05) is 0 Å². The molecule has 4 nitrogen and oxygen atoms in total. The summed E-state index contributed by atoms with van der Waals surface area (Å²) in [4.78, 5) is 13.2. The summed E-state index contributed by atoms with van der Waals surface area (Å²) in [6.45, 7) is 2.19. The Morgan fingerprint density at radius 3 is 2.27 bits per heavy atom. The molecule has 2 aliphatic rings. The molecule has 86 valence electrons. The van der Waals surface area contributed by atoms with Crippen LogP contribution in [0.4, 0.5) is 0 Å². The lowest BCUT2D eigenvalue weighted by molar-refractivity contribution is -0.149. The average molecular weight is 213 g/mol. The van der Waals surface area contributed by atoms with Gasteiger partial charge in [-0.15, -0.1) is 0 Å². The van der Waals surface area contributed by atoms with Gasteiger partial charge in [0, 0.05) is 12.6 Å². The maximum Gasteiger partial charge on any atom is 0.308 e. The Hall–Kier alpha value is -0.610. The van der Waals surface area contributed by atoms with Crippen LogP contribution in [0.3, 0.4) is 0 Å². The number of hydrogen-bond donors (Lipinski definition) is 2. The summed E-state index contributed by atoms with van der Waals surface area (Å²) in [7, 11) is 0. The number of likely N-dealkylation sites (tertiary alicyclic amines) is 1. The maximum absolute atomic E-state index is 10.9. The number of aliphatic carboxylic acids is 1. The van der Waals surface area contributed by atoms with Crippen LogP contribution in [0.1, 0.15) is 25.7 Å². The van der Waals surface area contributed by atoms with Crippen molar-refractivity contribution in [2.45, 2.75) is 31.7 Å². The highest BCUT2D eigenvalue weighted by atomic mass is 16.4. The minimum Gasteiger partial charge on any atom is -0.481 e. The summed E-state index contributed by atoms with van der Waals surface area (Å²) in [5.74, 6) is -0.351. The molecule has 0 radical (unpaired) electrons. The van der Waals surface area contributed by atoms with Crippen molar-refractivity contribution in [2.24, 2.45) is 11.8 Å². The van der Waals surface area contributed by atoms with Crippen molar-refractivity contribution < 1.29 is 15.0 Å². The van der Waals surface area contributed by atoms with Gasteiger partial charge in [0.2, 0.25) is 0 Å². The van der Waals surface area contributed by atoms with E-state index in [2.05, 4.69) is 4.90 Å². The number of carbonyl (C=O) groups is 1. The third-order valence-electron chi connectivity index (χ3n) is 3.93. The van der Waals surface area contributed by atoms with Crippen molar-refractivity contribution in [3.8, 4) is 0 Å². The Labute approximate surface area is 89.9 Å². The lowest BCUT2D eigenvalue weighted by Gasteiger charge is -2.45. The van der Waals surface area contributed by atoms with E-state index in [4.69, 9.17) is 10.2 Å². The fourth-order valence-corrected chi connectivity index (χ4v) is 2.67. The Morgan fingerprint density at radius 1 is 1.20 bits per heavy atom. The topological polar surface area (TPSA) is 60.8 Å². The molecule has 2 N–H and O–H groups in total. The highest BCUT2D eigenvalue weighted by Gasteiger charge is 2.41. The maximum atomic E-state index is 10.9. The number of nitrogens with zero attached hydrogens (tertiary/aromatic N) is 1. The molecule has 0 bridgehead atoms. The predicted octanol–water partition coefficient (Wildman–Crippen LogP) is 0.554. The predicted molar refractivity (Wildman–Crippen MR) is 55.5 cm³/mol. The van der Waals surface area contributed by atoms with Gasteiger partial charge in [0.25, 0.3) is 0 Å². The summed E-state index contributed by atoms with van der Waals surface area (Å²) in [6, 6.07) is 0.266. The van der Waals surface area contributed by atoms with Gasteiger partial charge in [-0.1, -0.05) is 0 Å². The van der Waals surface area contributed by atoms with Crippen LogP contribution in [0.25, 0.3) is 0 Å². The quantitative estimate of drug-likeness (QED) is 0.719. The van der Waals surface area contributed by atoms with Gasteiger partial charge in [-0.25, -0.2) is 0 Å². The molecule has 0 aromatic heterocycles. The van der Waals surface area contributed by atoms with Crippen molar-refractivity contribution in [1.82, 2.24) is 4.90 Å². The molecule has 1 saturated heterocycles. The van der Waals surface area contributed by atoms with Crippen molar-refractivity contribution >= 4 is 5.97 Å². The second kappa shape index (κ2) is 4.49. The molecule has 1 heterocycles. The third kappa shape index (κ3) is 2.16. The summed E-state index contributed by atoms with van der Waals surface area (Å²) < 4.78 is 0. The lowest BCUT2D eigenvalue weighted by atomic mass is 9.77. The van der Waals surface area contributed by atoms with Crippen LogP contribution in [0.5, 0.6) is 0 Å². The largest absolute Gasteiger partial charge is 0.481 e. The molecule has 1 saturated carbocycles.